The van der Waals surface area contributed by atoms with Crippen LogP contribution in [0.15, 0.2) is 121 Å². The van der Waals surface area contributed by atoms with E-state index in [0.29, 0.717) is 0 Å². The molecule has 3 nitrogen and oxygen atoms in total. The van der Waals surface area contributed by atoms with Gasteiger partial charge >= 0.3 is 0 Å². The van der Waals surface area contributed by atoms with Crippen LogP contribution < -0.4 is 10.6 Å². The third-order valence-corrected chi connectivity index (χ3v) is 7.17. The van der Waals surface area contributed by atoms with Gasteiger partial charge in [-0.1, -0.05) is 127 Å². The standard InChI is InChI=1S/C26H20N3P/c1-5-13-21(14-6-1)25-26(22-15-7-2-8-16-22)29(28-27-25)30(23-17-9-3-10-18-23)24-19-11-4-12-20-24/h1-20H. The number of nitrogens with zero attached hydrogens (tertiary/aromatic N) is 3. The summed E-state index contributed by atoms with van der Waals surface area (Å²) in [6, 6.07) is 41.9. The van der Waals surface area contributed by atoms with Crippen LogP contribution in [0.3, 0.4) is 0 Å². The van der Waals surface area contributed by atoms with Crippen LogP contribution in [0.2, 0.25) is 0 Å². The second-order valence-corrected chi connectivity index (χ2v) is 8.93. The van der Waals surface area contributed by atoms with Gasteiger partial charge in [-0.15, -0.1) is 5.10 Å². The Morgan fingerprint density at radius 2 is 0.933 bits per heavy atom. The number of rotatable bonds is 5. The Bertz CT molecular complexity index is 1180. The third kappa shape index (κ3) is 3.56. The van der Waals surface area contributed by atoms with Gasteiger partial charge in [-0.25, -0.2) is 4.45 Å². The monoisotopic (exact) mass is 405 g/mol. The molecule has 0 aliphatic heterocycles. The molecule has 5 rings (SSSR count). The van der Waals surface area contributed by atoms with E-state index in [-0.39, 0.29) is 0 Å². The molecule has 1 aromatic heterocycles. The summed E-state index contributed by atoms with van der Waals surface area (Å²) in [5.41, 5.74) is 4.13. The minimum atomic E-state index is -0.917. The zero-order chi connectivity index (χ0) is 20.2. The van der Waals surface area contributed by atoms with Gasteiger partial charge in [0.1, 0.15) is 11.4 Å². The van der Waals surface area contributed by atoms with Crippen molar-refractivity contribution in [1.82, 2.24) is 14.8 Å². The highest BCUT2D eigenvalue weighted by atomic mass is 31.1. The normalized spacial score (nSPS) is 11.0. The minimum Gasteiger partial charge on any atom is -0.215 e. The molecule has 5 aromatic rings. The van der Waals surface area contributed by atoms with Gasteiger partial charge in [-0.2, -0.15) is 0 Å². The summed E-state index contributed by atoms with van der Waals surface area (Å²) in [5, 5.41) is 11.9. The van der Waals surface area contributed by atoms with E-state index in [1.165, 1.54) is 10.6 Å². The number of hydrogen-bond acceptors (Lipinski definition) is 2. The van der Waals surface area contributed by atoms with Crippen LogP contribution in [0.25, 0.3) is 22.5 Å². The fraction of sp³-hybridized carbons (Fsp3) is 0. The van der Waals surface area contributed by atoms with Crippen LogP contribution in [0.5, 0.6) is 0 Å². The van der Waals surface area contributed by atoms with E-state index in [4.69, 9.17) is 5.21 Å². The summed E-state index contributed by atoms with van der Waals surface area (Å²) in [7, 11) is -0.917. The Balaban J connectivity index is 1.78. The quantitative estimate of drug-likeness (QED) is 0.361. The maximum atomic E-state index is 4.72. The van der Waals surface area contributed by atoms with Crippen LogP contribution in [0, 0.1) is 0 Å². The van der Waals surface area contributed by atoms with Gasteiger partial charge < -0.3 is 0 Å². The van der Waals surface area contributed by atoms with Gasteiger partial charge in [-0.3, -0.25) is 0 Å². The molecule has 0 saturated carbocycles. The predicted octanol–water partition coefficient (Wildman–Crippen LogP) is 5.51. The third-order valence-electron chi connectivity index (χ3n) is 4.94. The molecule has 0 amide bonds. The first kappa shape index (κ1) is 18.5. The average molecular weight is 405 g/mol. The van der Waals surface area contributed by atoms with Crippen molar-refractivity contribution in [1.29, 1.82) is 0 Å². The molecule has 1 heterocycles. The Morgan fingerprint density at radius 1 is 0.500 bits per heavy atom. The van der Waals surface area contributed by atoms with Gasteiger partial charge in [0.25, 0.3) is 0 Å². The first-order valence-electron chi connectivity index (χ1n) is 9.89. The molecule has 144 valence electrons. The van der Waals surface area contributed by atoms with E-state index in [1.54, 1.807) is 0 Å². The van der Waals surface area contributed by atoms with Crippen molar-refractivity contribution in [3.8, 4) is 22.5 Å². The highest BCUT2D eigenvalue weighted by molar-refractivity contribution is 7.71. The lowest BCUT2D eigenvalue weighted by atomic mass is 10.1. The average Bonchev–Trinajstić information content (AvgIpc) is 3.26. The molecule has 0 bridgehead atoms. The Morgan fingerprint density at radius 3 is 1.43 bits per heavy atom. The molecular formula is C26H20N3P. The topological polar surface area (TPSA) is 30.7 Å². The Hall–Kier alpha value is -3.55. The second kappa shape index (κ2) is 8.44. The lowest BCUT2D eigenvalue weighted by Gasteiger charge is -2.20. The van der Waals surface area contributed by atoms with Crippen LogP contribution in [-0.2, 0) is 0 Å². The van der Waals surface area contributed by atoms with E-state index < -0.39 is 8.07 Å². The highest BCUT2D eigenvalue weighted by Crippen LogP contribution is 2.42. The largest absolute Gasteiger partial charge is 0.215 e. The molecule has 0 aliphatic carbocycles. The minimum absolute atomic E-state index is 0.904. The smallest absolute Gasteiger partial charge is 0.121 e. The van der Waals surface area contributed by atoms with E-state index in [2.05, 4.69) is 107 Å². The lowest BCUT2D eigenvalue weighted by Crippen LogP contribution is -2.18. The molecule has 0 unspecified atom stereocenters. The fourth-order valence-corrected chi connectivity index (χ4v) is 5.73. The van der Waals surface area contributed by atoms with E-state index in [0.717, 1.165) is 22.5 Å². The molecule has 0 N–H and O–H groups in total. The van der Waals surface area contributed by atoms with E-state index in [9.17, 15) is 0 Å². The van der Waals surface area contributed by atoms with Gasteiger partial charge in [0, 0.05) is 21.7 Å². The van der Waals surface area contributed by atoms with Crippen LogP contribution in [0.4, 0.5) is 0 Å². The molecule has 0 aliphatic rings. The van der Waals surface area contributed by atoms with Crippen molar-refractivity contribution in [3.05, 3.63) is 121 Å². The molecule has 4 heteroatoms. The zero-order valence-electron chi connectivity index (χ0n) is 16.3. The molecule has 4 aromatic carbocycles. The first-order valence-corrected chi connectivity index (χ1v) is 11.2. The van der Waals surface area contributed by atoms with E-state index in [1.807, 2.05) is 24.3 Å². The summed E-state index contributed by atoms with van der Waals surface area (Å²) in [4.78, 5) is 0. The zero-order valence-corrected chi connectivity index (χ0v) is 17.2. The van der Waals surface area contributed by atoms with Gasteiger partial charge in [-0.05, 0) is 0 Å². The fourth-order valence-electron chi connectivity index (χ4n) is 3.56. The number of benzene rings is 4. The van der Waals surface area contributed by atoms with Crippen molar-refractivity contribution in [2.24, 2.45) is 0 Å². The Kier molecular flexibility index (Phi) is 5.20. The van der Waals surface area contributed by atoms with Crippen molar-refractivity contribution in [3.63, 3.8) is 0 Å². The van der Waals surface area contributed by atoms with E-state index >= 15 is 0 Å². The van der Waals surface area contributed by atoms with Crippen molar-refractivity contribution in [2.75, 3.05) is 0 Å². The first-order chi connectivity index (χ1) is 14.9. The van der Waals surface area contributed by atoms with Crippen molar-refractivity contribution >= 4 is 18.7 Å². The van der Waals surface area contributed by atoms with Crippen molar-refractivity contribution < 1.29 is 0 Å². The number of hydrogen-bond donors (Lipinski definition) is 0. The number of aromatic nitrogens is 3. The van der Waals surface area contributed by atoms with Crippen molar-refractivity contribution in [2.45, 2.75) is 0 Å². The Labute approximate surface area is 177 Å². The summed E-state index contributed by atoms with van der Waals surface area (Å²) in [5.74, 6) is 0. The molecule has 30 heavy (non-hydrogen) atoms. The van der Waals surface area contributed by atoms with Crippen LogP contribution in [-0.4, -0.2) is 14.8 Å². The van der Waals surface area contributed by atoms with Gasteiger partial charge in [0.2, 0.25) is 0 Å². The van der Waals surface area contributed by atoms with Gasteiger partial charge in [0.15, 0.2) is 0 Å². The molecule has 0 radical (unpaired) electrons. The second-order valence-electron chi connectivity index (χ2n) is 6.89. The summed E-state index contributed by atoms with van der Waals surface area (Å²) in [6.45, 7) is 0. The predicted molar refractivity (Wildman–Crippen MR) is 125 cm³/mol. The molecule has 0 saturated heterocycles. The maximum Gasteiger partial charge on any atom is 0.121 e. The molecule has 0 fully saturated rings. The summed E-state index contributed by atoms with van der Waals surface area (Å²) in [6.07, 6.45) is 0. The molecular weight excluding hydrogens is 385 g/mol. The summed E-state index contributed by atoms with van der Waals surface area (Å²) < 4.78 is 2.12. The highest BCUT2D eigenvalue weighted by Gasteiger charge is 2.25. The molecule has 0 atom stereocenters. The van der Waals surface area contributed by atoms with Crippen LogP contribution in [0.1, 0.15) is 0 Å². The SMILES string of the molecule is c1ccc(-c2nnn(P(c3ccccc3)c3ccccc3)c2-c2ccccc2)cc1. The lowest BCUT2D eigenvalue weighted by molar-refractivity contribution is 0.888. The van der Waals surface area contributed by atoms with Gasteiger partial charge in [0.05, 0.1) is 8.07 Å². The van der Waals surface area contributed by atoms with Crippen LogP contribution >= 0.6 is 8.07 Å². The maximum absolute atomic E-state index is 4.72. The summed E-state index contributed by atoms with van der Waals surface area (Å²) >= 11 is 0. The molecule has 0 spiro atoms.